The molecule has 1 aliphatic rings. The van der Waals surface area contributed by atoms with Gasteiger partial charge in [-0.3, -0.25) is 0 Å². The summed E-state index contributed by atoms with van der Waals surface area (Å²) in [6, 6.07) is 9.98. The van der Waals surface area contributed by atoms with Crippen LogP contribution in [0.1, 0.15) is 25.3 Å². The van der Waals surface area contributed by atoms with Crippen molar-refractivity contribution in [3.05, 3.63) is 35.9 Å². The number of hydrogen-bond donors (Lipinski definition) is 1. The minimum atomic E-state index is 0.00195. The fourth-order valence-electron chi connectivity index (χ4n) is 2.73. The first-order chi connectivity index (χ1) is 9.70. The van der Waals surface area contributed by atoms with Crippen LogP contribution in [-0.2, 0) is 6.54 Å². The van der Waals surface area contributed by atoms with Crippen LogP contribution in [0.2, 0.25) is 0 Å². The molecule has 1 unspecified atom stereocenters. The molecular formula is C16H24N2O2. The Morgan fingerprint density at radius 2 is 2.15 bits per heavy atom. The molecule has 1 aromatic carbocycles. The first-order valence-electron chi connectivity index (χ1n) is 7.39. The maximum atomic E-state index is 12.6. The van der Waals surface area contributed by atoms with E-state index in [9.17, 15) is 9.90 Å². The van der Waals surface area contributed by atoms with Crippen LogP contribution in [0.25, 0.3) is 0 Å². The maximum absolute atomic E-state index is 12.6. The molecule has 2 rings (SSSR count). The van der Waals surface area contributed by atoms with Gasteiger partial charge in [0.1, 0.15) is 0 Å². The van der Waals surface area contributed by atoms with Crippen molar-refractivity contribution < 1.29 is 9.90 Å². The molecule has 20 heavy (non-hydrogen) atoms. The Labute approximate surface area is 121 Å². The van der Waals surface area contributed by atoms with Crippen LogP contribution in [0.15, 0.2) is 30.3 Å². The van der Waals surface area contributed by atoms with Crippen molar-refractivity contribution in [1.82, 2.24) is 9.80 Å². The van der Waals surface area contributed by atoms with E-state index in [0.717, 1.165) is 25.1 Å². The van der Waals surface area contributed by atoms with Crippen molar-refractivity contribution >= 4 is 6.03 Å². The van der Waals surface area contributed by atoms with Gasteiger partial charge in [-0.1, -0.05) is 37.3 Å². The number of urea groups is 1. The monoisotopic (exact) mass is 276 g/mol. The predicted molar refractivity (Wildman–Crippen MR) is 79.3 cm³/mol. The minimum Gasteiger partial charge on any atom is -0.395 e. The van der Waals surface area contributed by atoms with Crippen molar-refractivity contribution in [1.29, 1.82) is 0 Å². The zero-order valence-electron chi connectivity index (χ0n) is 12.2. The smallest absolute Gasteiger partial charge is 0.320 e. The quantitative estimate of drug-likeness (QED) is 0.917. The van der Waals surface area contributed by atoms with Crippen LogP contribution < -0.4 is 0 Å². The fraction of sp³-hybridized carbons (Fsp3) is 0.562. The van der Waals surface area contributed by atoms with Gasteiger partial charge in [0.15, 0.2) is 0 Å². The number of nitrogens with zero attached hydrogens (tertiary/aromatic N) is 2. The number of carbonyl (C=O) groups is 1. The van der Waals surface area contributed by atoms with Gasteiger partial charge in [-0.2, -0.15) is 0 Å². The molecule has 1 N–H and O–H groups in total. The summed E-state index contributed by atoms with van der Waals surface area (Å²) in [6.45, 7) is 4.80. The summed E-state index contributed by atoms with van der Waals surface area (Å²) >= 11 is 0. The zero-order valence-corrected chi connectivity index (χ0v) is 12.2. The molecule has 1 fully saturated rings. The number of hydrogen-bond acceptors (Lipinski definition) is 2. The summed E-state index contributed by atoms with van der Waals surface area (Å²) in [5.74, 6) is 0.570. The molecule has 1 saturated heterocycles. The van der Waals surface area contributed by atoms with Crippen LogP contribution in [0.5, 0.6) is 0 Å². The standard InChI is InChI=1S/C16H24N2O2/c1-14-6-5-9-17(12-14)16(20)18(10-11-19)13-15-7-3-2-4-8-15/h2-4,7-8,14,19H,5-6,9-13H2,1H3. The lowest BCUT2D eigenvalue weighted by atomic mass is 10.0. The number of aliphatic hydroxyl groups excluding tert-OH is 1. The zero-order chi connectivity index (χ0) is 14.4. The molecule has 1 heterocycles. The average Bonchev–Trinajstić information content (AvgIpc) is 2.47. The highest BCUT2D eigenvalue weighted by molar-refractivity contribution is 5.74. The van der Waals surface area contributed by atoms with Gasteiger partial charge in [0.25, 0.3) is 0 Å². The van der Waals surface area contributed by atoms with Crippen molar-refractivity contribution in [3.8, 4) is 0 Å². The Balaban J connectivity index is 2.01. The summed E-state index contributed by atoms with van der Waals surface area (Å²) in [7, 11) is 0. The van der Waals surface area contributed by atoms with Gasteiger partial charge in [0.05, 0.1) is 6.61 Å². The molecule has 110 valence electrons. The third-order valence-corrected chi connectivity index (χ3v) is 3.78. The maximum Gasteiger partial charge on any atom is 0.320 e. The molecule has 1 atom stereocenters. The van der Waals surface area contributed by atoms with E-state index in [1.165, 1.54) is 6.42 Å². The molecule has 0 saturated carbocycles. The first-order valence-corrected chi connectivity index (χ1v) is 7.39. The van der Waals surface area contributed by atoms with Gasteiger partial charge in [-0.15, -0.1) is 0 Å². The third-order valence-electron chi connectivity index (χ3n) is 3.78. The third kappa shape index (κ3) is 3.97. The first kappa shape index (κ1) is 14.9. The highest BCUT2D eigenvalue weighted by atomic mass is 16.3. The Morgan fingerprint density at radius 3 is 2.80 bits per heavy atom. The molecule has 0 radical (unpaired) electrons. The summed E-state index contributed by atoms with van der Waals surface area (Å²) in [4.78, 5) is 16.2. The molecule has 0 bridgehead atoms. The Bertz CT molecular complexity index is 422. The molecule has 2 amide bonds. The largest absolute Gasteiger partial charge is 0.395 e. The highest BCUT2D eigenvalue weighted by Crippen LogP contribution is 2.17. The summed E-state index contributed by atoms with van der Waals surface area (Å²) in [5, 5.41) is 9.20. The fourth-order valence-corrected chi connectivity index (χ4v) is 2.73. The van der Waals surface area contributed by atoms with Crippen LogP contribution in [0, 0.1) is 5.92 Å². The Morgan fingerprint density at radius 1 is 1.40 bits per heavy atom. The lowest BCUT2D eigenvalue weighted by Crippen LogP contribution is -2.47. The molecule has 0 aliphatic carbocycles. The topological polar surface area (TPSA) is 43.8 Å². The number of rotatable bonds is 4. The summed E-state index contributed by atoms with van der Waals surface area (Å²) in [5.41, 5.74) is 1.10. The van der Waals surface area contributed by atoms with E-state index >= 15 is 0 Å². The number of piperidine rings is 1. The summed E-state index contributed by atoms with van der Waals surface area (Å²) < 4.78 is 0. The van der Waals surface area contributed by atoms with Gasteiger partial charge in [0, 0.05) is 26.2 Å². The predicted octanol–water partition coefficient (Wildman–Crippen LogP) is 2.33. The molecule has 1 aliphatic heterocycles. The molecular weight excluding hydrogens is 252 g/mol. The van der Waals surface area contributed by atoms with E-state index in [1.54, 1.807) is 4.90 Å². The molecule has 0 spiro atoms. The van der Waals surface area contributed by atoms with Gasteiger partial charge < -0.3 is 14.9 Å². The van der Waals surface area contributed by atoms with Crippen LogP contribution >= 0.6 is 0 Å². The van der Waals surface area contributed by atoms with E-state index in [1.807, 2.05) is 35.2 Å². The number of benzene rings is 1. The van der Waals surface area contributed by atoms with Crippen LogP contribution in [0.3, 0.4) is 0 Å². The second-order valence-electron chi connectivity index (χ2n) is 5.61. The van der Waals surface area contributed by atoms with Gasteiger partial charge in [0.2, 0.25) is 0 Å². The van der Waals surface area contributed by atoms with Crippen LogP contribution in [-0.4, -0.2) is 47.2 Å². The van der Waals surface area contributed by atoms with Crippen molar-refractivity contribution in [3.63, 3.8) is 0 Å². The number of amides is 2. The van der Waals surface area contributed by atoms with E-state index < -0.39 is 0 Å². The number of aliphatic hydroxyl groups is 1. The molecule has 1 aromatic rings. The second kappa shape index (κ2) is 7.29. The highest BCUT2D eigenvalue weighted by Gasteiger charge is 2.25. The van der Waals surface area contributed by atoms with Gasteiger partial charge >= 0.3 is 6.03 Å². The molecule has 0 aromatic heterocycles. The number of likely N-dealkylation sites (tertiary alicyclic amines) is 1. The average molecular weight is 276 g/mol. The molecule has 4 heteroatoms. The normalized spacial score (nSPS) is 18.9. The van der Waals surface area contributed by atoms with E-state index in [0.29, 0.717) is 19.0 Å². The Hall–Kier alpha value is -1.55. The lowest BCUT2D eigenvalue weighted by Gasteiger charge is -2.35. The SMILES string of the molecule is CC1CCCN(C(=O)N(CCO)Cc2ccccc2)C1. The minimum absolute atomic E-state index is 0.00195. The number of carbonyl (C=O) groups excluding carboxylic acids is 1. The van der Waals surface area contributed by atoms with Crippen LogP contribution in [0.4, 0.5) is 4.79 Å². The van der Waals surface area contributed by atoms with E-state index in [4.69, 9.17) is 0 Å². The van der Waals surface area contributed by atoms with Crippen molar-refractivity contribution in [2.75, 3.05) is 26.2 Å². The molecule has 4 nitrogen and oxygen atoms in total. The van der Waals surface area contributed by atoms with E-state index in [-0.39, 0.29) is 12.6 Å². The van der Waals surface area contributed by atoms with E-state index in [2.05, 4.69) is 6.92 Å². The van der Waals surface area contributed by atoms with Gasteiger partial charge in [-0.05, 0) is 24.3 Å². The Kier molecular flexibility index (Phi) is 5.41. The lowest BCUT2D eigenvalue weighted by molar-refractivity contribution is 0.119. The van der Waals surface area contributed by atoms with Crippen molar-refractivity contribution in [2.24, 2.45) is 5.92 Å². The van der Waals surface area contributed by atoms with Gasteiger partial charge in [-0.25, -0.2) is 4.79 Å². The van der Waals surface area contributed by atoms with Crippen molar-refractivity contribution in [2.45, 2.75) is 26.3 Å². The second-order valence-corrected chi connectivity index (χ2v) is 5.61. The summed E-state index contributed by atoms with van der Waals surface area (Å²) in [6.07, 6.45) is 2.27.